The van der Waals surface area contributed by atoms with Crippen LogP contribution in [-0.4, -0.2) is 14.2 Å². The van der Waals surface area contributed by atoms with Gasteiger partial charge in [-0.2, -0.15) is 0 Å². The first-order valence-electron chi connectivity index (χ1n) is 6.15. The van der Waals surface area contributed by atoms with Crippen molar-refractivity contribution < 1.29 is 9.47 Å². The molecule has 102 valence electrons. The van der Waals surface area contributed by atoms with Crippen LogP contribution >= 0.6 is 12.4 Å². The minimum absolute atomic E-state index is 0. The van der Waals surface area contributed by atoms with E-state index in [1.807, 2.05) is 19.1 Å². The van der Waals surface area contributed by atoms with E-state index in [2.05, 4.69) is 0 Å². The Morgan fingerprint density at radius 2 is 1.67 bits per heavy atom. The molecule has 0 heterocycles. The molecular weight excluding hydrogens is 250 g/mol. The number of halogens is 1. The predicted octanol–water partition coefficient (Wildman–Crippen LogP) is 3.23. The summed E-state index contributed by atoms with van der Waals surface area (Å²) in [6, 6.07) is 4.07. The fourth-order valence-corrected chi connectivity index (χ4v) is 2.43. The van der Waals surface area contributed by atoms with E-state index in [1.165, 1.54) is 19.3 Å². The minimum atomic E-state index is 0. The van der Waals surface area contributed by atoms with Crippen LogP contribution in [0.15, 0.2) is 12.1 Å². The highest BCUT2D eigenvalue weighted by atomic mass is 35.5. The Morgan fingerprint density at radius 1 is 1.17 bits per heavy atom. The van der Waals surface area contributed by atoms with E-state index in [1.54, 1.807) is 14.2 Å². The smallest absolute Gasteiger partial charge is 0.127 e. The highest BCUT2D eigenvalue weighted by Gasteiger charge is 2.30. The summed E-state index contributed by atoms with van der Waals surface area (Å²) >= 11 is 0. The van der Waals surface area contributed by atoms with Gasteiger partial charge in [0.2, 0.25) is 0 Å². The second-order valence-corrected chi connectivity index (χ2v) is 4.80. The molecule has 0 aliphatic heterocycles. The molecule has 0 saturated heterocycles. The quantitative estimate of drug-likeness (QED) is 0.914. The lowest BCUT2D eigenvalue weighted by atomic mass is 9.77. The molecule has 1 atom stereocenters. The highest BCUT2D eigenvalue weighted by molar-refractivity contribution is 5.85. The molecule has 3 nitrogen and oxygen atoms in total. The van der Waals surface area contributed by atoms with E-state index in [-0.39, 0.29) is 18.4 Å². The fraction of sp³-hybridized carbons (Fsp3) is 0.571. The lowest BCUT2D eigenvalue weighted by Gasteiger charge is -2.33. The third-order valence-corrected chi connectivity index (χ3v) is 3.68. The first kappa shape index (κ1) is 15.1. The molecule has 0 radical (unpaired) electrons. The summed E-state index contributed by atoms with van der Waals surface area (Å²) in [6.45, 7) is 2.03. The van der Waals surface area contributed by atoms with Crippen molar-refractivity contribution >= 4 is 12.4 Å². The second kappa shape index (κ2) is 6.30. The Morgan fingerprint density at radius 3 is 2.00 bits per heavy atom. The molecule has 2 N–H and O–H groups in total. The summed E-state index contributed by atoms with van der Waals surface area (Å²) in [6.07, 6.45) is 3.71. The zero-order chi connectivity index (χ0) is 12.4. The van der Waals surface area contributed by atoms with Gasteiger partial charge in [-0.1, -0.05) is 6.42 Å². The van der Waals surface area contributed by atoms with Crippen molar-refractivity contribution in [1.82, 2.24) is 0 Å². The largest absolute Gasteiger partial charge is 0.496 e. The topological polar surface area (TPSA) is 44.5 Å². The number of benzene rings is 1. The summed E-state index contributed by atoms with van der Waals surface area (Å²) in [5, 5.41) is 0. The van der Waals surface area contributed by atoms with Gasteiger partial charge in [0, 0.05) is 6.04 Å². The number of methoxy groups -OCH3 is 2. The van der Waals surface area contributed by atoms with E-state index in [0.717, 1.165) is 22.6 Å². The van der Waals surface area contributed by atoms with Gasteiger partial charge >= 0.3 is 0 Å². The first-order valence-corrected chi connectivity index (χ1v) is 6.15. The van der Waals surface area contributed by atoms with Crippen LogP contribution in [0.4, 0.5) is 0 Å². The number of ether oxygens (including phenoxy) is 2. The lowest BCUT2D eigenvalue weighted by molar-refractivity contribution is 0.254. The fourth-order valence-electron chi connectivity index (χ4n) is 2.43. The normalized spacial score (nSPS) is 16.4. The minimum Gasteiger partial charge on any atom is -0.496 e. The van der Waals surface area contributed by atoms with Crippen molar-refractivity contribution in [2.24, 2.45) is 11.7 Å². The van der Waals surface area contributed by atoms with Crippen molar-refractivity contribution in [3.8, 4) is 11.5 Å². The van der Waals surface area contributed by atoms with Gasteiger partial charge in [0.05, 0.1) is 19.8 Å². The van der Waals surface area contributed by atoms with Crippen molar-refractivity contribution in [2.45, 2.75) is 32.2 Å². The van der Waals surface area contributed by atoms with E-state index in [0.29, 0.717) is 5.92 Å². The van der Waals surface area contributed by atoms with Gasteiger partial charge in [0.25, 0.3) is 0 Å². The lowest BCUT2D eigenvalue weighted by Crippen LogP contribution is -2.27. The Hall–Kier alpha value is -0.930. The molecule has 1 aromatic rings. The van der Waals surface area contributed by atoms with Gasteiger partial charge in [0.1, 0.15) is 11.5 Å². The van der Waals surface area contributed by atoms with Gasteiger partial charge in [-0.15, -0.1) is 12.4 Å². The molecule has 1 fully saturated rings. The van der Waals surface area contributed by atoms with Crippen molar-refractivity contribution in [3.05, 3.63) is 23.3 Å². The van der Waals surface area contributed by atoms with Gasteiger partial charge < -0.3 is 15.2 Å². The van der Waals surface area contributed by atoms with Crippen LogP contribution in [0.1, 0.15) is 36.4 Å². The SMILES string of the molecule is COc1cc(C)cc(OC)c1[C@@H](N)C1CCC1.Cl. The van der Waals surface area contributed by atoms with Crippen LogP contribution in [0.3, 0.4) is 0 Å². The molecule has 1 aliphatic rings. The maximum atomic E-state index is 6.34. The molecule has 2 rings (SSSR count). The number of hydrogen-bond acceptors (Lipinski definition) is 3. The van der Waals surface area contributed by atoms with Crippen LogP contribution in [0.5, 0.6) is 11.5 Å². The zero-order valence-corrected chi connectivity index (χ0v) is 12.0. The molecule has 0 bridgehead atoms. The van der Waals surface area contributed by atoms with Gasteiger partial charge in [-0.3, -0.25) is 0 Å². The average Bonchev–Trinajstić information content (AvgIpc) is 2.24. The van der Waals surface area contributed by atoms with E-state index in [4.69, 9.17) is 15.2 Å². The van der Waals surface area contributed by atoms with Crippen molar-refractivity contribution in [3.63, 3.8) is 0 Å². The number of rotatable bonds is 4. The maximum absolute atomic E-state index is 6.34. The van der Waals surface area contributed by atoms with Gasteiger partial charge in [-0.25, -0.2) is 0 Å². The summed E-state index contributed by atoms with van der Waals surface area (Å²) < 4.78 is 10.9. The summed E-state index contributed by atoms with van der Waals surface area (Å²) in [5.74, 6) is 2.27. The second-order valence-electron chi connectivity index (χ2n) is 4.80. The molecular formula is C14H22ClNO2. The van der Waals surface area contributed by atoms with E-state index in [9.17, 15) is 0 Å². The monoisotopic (exact) mass is 271 g/mol. The van der Waals surface area contributed by atoms with Crippen LogP contribution in [0, 0.1) is 12.8 Å². The summed E-state index contributed by atoms with van der Waals surface area (Å²) in [7, 11) is 3.37. The summed E-state index contributed by atoms with van der Waals surface area (Å²) in [4.78, 5) is 0. The molecule has 0 spiro atoms. The standard InChI is InChI=1S/C14H21NO2.ClH/c1-9-7-11(16-2)13(12(8-9)17-3)14(15)10-5-4-6-10;/h7-8,10,14H,4-6,15H2,1-3H3;1H/t14-;/m0./s1. The molecule has 1 aliphatic carbocycles. The van der Waals surface area contributed by atoms with Crippen LogP contribution in [-0.2, 0) is 0 Å². The molecule has 1 aromatic carbocycles. The Bertz CT molecular complexity index is 380. The Balaban J connectivity index is 0.00000162. The van der Waals surface area contributed by atoms with Crippen molar-refractivity contribution in [1.29, 1.82) is 0 Å². The predicted molar refractivity (Wildman–Crippen MR) is 75.8 cm³/mol. The van der Waals surface area contributed by atoms with Crippen LogP contribution < -0.4 is 15.2 Å². The molecule has 0 aromatic heterocycles. The maximum Gasteiger partial charge on any atom is 0.127 e. The third-order valence-electron chi connectivity index (χ3n) is 3.68. The first-order chi connectivity index (χ1) is 8.17. The van der Waals surface area contributed by atoms with Gasteiger partial charge in [-0.05, 0) is 43.4 Å². The number of nitrogens with two attached hydrogens (primary N) is 1. The van der Waals surface area contributed by atoms with Gasteiger partial charge in [0.15, 0.2) is 0 Å². The Kier molecular flexibility index (Phi) is 5.29. The van der Waals surface area contributed by atoms with Crippen LogP contribution in [0.2, 0.25) is 0 Å². The van der Waals surface area contributed by atoms with Crippen LogP contribution in [0.25, 0.3) is 0 Å². The zero-order valence-electron chi connectivity index (χ0n) is 11.2. The molecule has 18 heavy (non-hydrogen) atoms. The third kappa shape index (κ3) is 2.73. The number of aryl methyl sites for hydroxylation is 1. The average molecular weight is 272 g/mol. The van der Waals surface area contributed by atoms with E-state index >= 15 is 0 Å². The Labute approximate surface area is 115 Å². The van der Waals surface area contributed by atoms with Crippen molar-refractivity contribution in [2.75, 3.05) is 14.2 Å². The molecule has 4 heteroatoms. The molecule has 0 unspecified atom stereocenters. The van der Waals surface area contributed by atoms with E-state index < -0.39 is 0 Å². The highest BCUT2D eigenvalue weighted by Crippen LogP contribution is 2.43. The molecule has 1 saturated carbocycles. The number of hydrogen-bond donors (Lipinski definition) is 1. The summed E-state index contributed by atoms with van der Waals surface area (Å²) in [5.41, 5.74) is 8.49. The molecule has 0 amide bonds.